The maximum atomic E-state index is 12.7. The zero-order valence-corrected chi connectivity index (χ0v) is 16.1. The molecule has 1 aliphatic heterocycles. The molecule has 3 aromatic heterocycles. The van der Waals surface area contributed by atoms with Gasteiger partial charge in [-0.3, -0.25) is 9.59 Å². The van der Waals surface area contributed by atoms with Gasteiger partial charge in [0.15, 0.2) is 0 Å². The summed E-state index contributed by atoms with van der Waals surface area (Å²) in [6.45, 7) is 3.90. The van der Waals surface area contributed by atoms with Crippen molar-refractivity contribution in [2.24, 2.45) is 0 Å². The van der Waals surface area contributed by atoms with E-state index in [0.29, 0.717) is 43.5 Å². The number of rotatable bonds is 5. The number of carbonyl (C=O) groups excluding carboxylic acids is 2. The number of tetrazole rings is 1. The third-order valence-electron chi connectivity index (χ3n) is 4.62. The van der Waals surface area contributed by atoms with Gasteiger partial charge in [0.25, 0.3) is 0 Å². The van der Waals surface area contributed by atoms with E-state index in [1.54, 1.807) is 21.1 Å². The summed E-state index contributed by atoms with van der Waals surface area (Å²) in [7, 11) is 0. The van der Waals surface area contributed by atoms with Crippen LogP contribution in [-0.4, -0.2) is 73.0 Å². The van der Waals surface area contributed by atoms with Gasteiger partial charge in [0.1, 0.15) is 18.6 Å². The predicted octanol–water partition coefficient (Wildman–Crippen LogP) is 0.612. The second kappa shape index (κ2) is 7.89. The number of thiophene rings is 1. The number of piperazine rings is 1. The quantitative estimate of drug-likeness (QED) is 0.616. The first kappa shape index (κ1) is 18.3. The Morgan fingerprint density at radius 2 is 1.93 bits per heavy atom. The Labute approximate surface area is 164 Å². The molecule has 0 bridgehead atoms. The first-order chi connectivity index (χ1) is 13.6. The van der Waals surface area contributed by atoms with Crippen molar-refractivity contribution < 1.29 is 14.0 Å². The van der Waals surface area contributed by atoms with E-state index < -0.39 is 0 Å². The lowest BCUT2D eigenvalue weighted by Crippen LogP contribution is -2.51. The van der Waals surface area contributed by atoms with E-state index in [4.69, 9.17) is 4.42 Å². The molecule has 2 amide bonds. The van der Waals surface area contributed by atoms with Crippen molar-refractivity contribution in [2.75, 3.05) is 26.2 Å². The van der Waals surface area contributed by atoms with Crippen LogP contribution in [0, 0.1) is 6.92 Å². The zero-order chi connectivity index (χ0) is 19.5. The number of oxazole rings is 1. The molecule has 11 heteroatoms. The molecule has 0 aliphatic carbocycles. The number of aryl methyl sites for hydroxylation is 1. The number of nitrogens with zero attached hydrogens (tertiary/aromatic N) is 7. The lowest BCUT2D eigenvalue weighted by molar-refractivity contribution is -0.139. The SMILES string of the molecule is Cc1oc(-c2cccs2)nc1CC(=O)N1CCN(C(=O)Cn2cnnn2)CC1. The zero-order valence-electron chi connectivity index (χ0n) is 15.3. The van der Waals surface area contributed by atoms with Crippen molar-refractivity contribution in [1.29, 1.82) is 0 Å². The number of hydrogen-bond donors (Lipinski definition) is 0. The molecule has 0 N–H and O–H groups in total. The smallest absolute Gasteiger partial charge is 0.244 e. The van der Waals surface area contributed by atoms with Gasteiger partial charge in [0.05, 0.1) is 17.0 Å². The summed E-state index contributed by atoms with van der Waals surface area (Å²) in [6.07, 6.45) is 1.60. The van der Waals surface area contributed by atoms with E-state index in [0.717, 1.165) is 4.88 Å². The van der Waals surface area contributed by atoms with Crippen molar-refractivity contribution in [1.82, 2.24) is 35.0 Å². The van der Waals surface area contributed by atoms with E-state index in [1.807, 2.05) is 24.4 Å². The van der Waals surface area contributed by atoms with Crippen molar-refractivity contribution in [3.05, 3.63) is 35.3 Å². The third kappa shape index (κ3) is 3.93. The molecule has 0 saturated carbocycles. The lowest BCUT2D eigenvalue weighted by Gasteiger charge is -2.34. The number of carbonyl (C=O) groups is 2. The van der Waals surface area contributed by atoms with Crippen molar-refractivity contribution >= 4 is 23.2 Å². The highest BCUT2D eigenvalue weighted by atomic mass is 32.1. The molecule has 0 radical (unpaired) electrons. The molecule has 10 nitrogen and oxygen atoms in total. The Kier molecular flexibility index (Phi) is 5.15. The fraction of sp³-hybridized carbons (Fsp3) is 0.412. The second-order valence-corrected chi connectivity index (χ2v) is 7.39. The van der Waals surface area contributed by atoms with Crippen LogP contribution in [-0.2, 0) is 22.6 Å². The second-order valence-electron chi connectivity index (χ2n) is 6.44. The van der Waals surface area contributed by atoms with Crippen molar-refractivity contribution in [3.63, 3.8) is 0 Å². The fourth-order valence-electron chi connectivity index (χ4n) is 3.05. The minimum absolute atomic E-state index is 0.0123. The van der Waals surface area contributed by atoms with E-state index in [9.17, 15) is 9.59 Å². The summed E-state index contributed by atoms with van der Waals surface area (Å²) >= 11 is 1.55. The van der Waals surface area contributed by atoms with Gasteiger partial charge in [-0.25, -0.2) is 9.67 Å². The molecule has 4 rings (SSSR count). The molecular weight excluding hydrogens is 382 g/mol. The van der Waals surface area contributed by atoms with Crippen LogP contribution in [0.1, 0.15) is 11.5 Å². The van der Waals surface area contributed by atoms with Gasteiger partial charge in [-0.2, -0.15) is 0 Å². The molecule has 0 unspecified atom stereocenters. The maximum absolute atomic E-state index is 12.7. The predicted molar refractivity (Wildman–Crippen MR) is 99.2 cm³/mol. The van der Waals surface area contributed by atoms with Crippen LogP contribution in [0.25, 0.3) is 10.8 Å². The van der Waals surface area contributed by atoms with Crippen LogP contribution in [0.4, 0.5) is 0 Å². The summed E-state index contributed by atoms with van der Waals surface area (Å²) < 4.78 is 7.09. The van der Waals surface area contributed by atoms with Crippen molar-refractivity contribution in [2.45, 2.75) is 19.9 Å². The Morgan fingerprint density at radius 3 is 2.57 bits per heavy atom. The molecule has 0 aromatic carbocycles. The van der Waals surface area contributed by atoms with E-state index >= 15 is 0 Å². The topological polar surface area (TPSA) is 110 Å². The highest BCUT2D eigenvalue weighted by Gasteiger charge is 2.26. The molecule has 28 heavy (non-hydrogen) atoms. The lowest BCUT2D eigenvalue weighted by atomic mass is 10.2. The Hall–Kier alpha value is -3.08. The molecule has 1 aliphatic rings. The fourth-order valence-corrected chi connectivity index (χ4v) is 3.70. The first-order valence-electron chi connectivity index (χ1n) is 8.86. The van der Waals surface area contributed by atoms with Crippen LogP contribution in [0.15, 0.2) is 28.3 Å². The van der Waals surface area contributed by atoms with Gasteiger partial charge < -0.3 is 14.2 Å². The average molecular weight is 401 g/mol. The highest BCUT2D eigenvalue weighted by Crippen LogP contribution is 2.26. The minimum Gasteiger partial charge on any atom is -0.440 e. The average Bonchev–Trinajstić information content (AvgIpc) is 3.45. The summed E-state index contributed by atoms with van der Waals surface area (Å²) in [5, 5.41) is 12.7. The Bertz CT molecular complexity index is 944. The summed E-state index contributed by atoms with van der Waals surface area (Å²) in [6, 6.07) is 3.87. The molecule has 3 aromatic rings. The Balaban J connectivity index is 1.31. The highest BCUT2D eigenvalue weighted by molar-refractivity contribution is 7.13. The molecule has 1 saturated heterocycles. The van der Waals surface area contributed by atoms with Crippen LogP contribution < -0.4 is 0 Å². The summed E-state index contributed by atoms with van der Waals surface area (Å²) in [4.78, 5) is 33.8. The Morgan fingerprint density at radius 1 is 1.18 bits per heavy atom. The van der Waals surface area contributed by atoms with E-state index in [2.05, 4.69) is 20.5 Å². The molecule has 0 spiro atoms. The van der Waals surface area contributed by atoms with Gasteiger partial charge in [0, 0.05) is 26.2 Å². The van der Waals surface area contributed by atoms with Gasteiger partial charge in [0.2, 0.25) is 17.7 Å². The van der Waals surface area contributed by atoms with Crippen LogP contribution in [0.3, 0.4) is 0 Å². The largest absolute Gasteiger partial charge is 0.440 e. The summed E-state index contributed by atoms with van der Waals surface area (Å²) in [5.41, 5.74) is 0.658. The maximum Gasteiger partial charge on any atom is 0.244 e. The van der Waals surface area contributed by atoms with Crippen LogP contribution in [0.5, 0.6) is 0 Å². The van der Waals surface area contributed by atoms with Gasteiger partial charge in [-0.15, -0.1) is 16.4 Å². The van der Waals surface area contributed by atoms with Gasteiger partial charge in [-0.05, 0) is 28.8 Å². The first-order valence-corrected chi connectivity index (χ1v) is 9.74. The molecule has 146 valence electrons. The number of aromatic nitrogens is 5. The van der Waals surface area contributed by atoms with Crippen LogP contribution in [0.2, 0.25) is 0 Å². The van der Waals surface area contributed by atoms with E-state index in [-0.39, 0.29) is 24.8 Å². The molecular formula is C17H19N7O3S. The molecule has 0 atom stereocenters. The number of hydrogen-bond acceptors (Lipinski definition) is 8. The van der Waals surface area contributed by atoms with Crippen molar-refractivity contribution in [3.8, 4) is 10.8 Å². The summed E-state index contributed by atoms with van der Waals surface area (Å²) in [5.74, 6) is 1.13. The number of amides is 2. The van der Waals surface area contributed by atoms with Gasteiger partial charge >= 0.3 is 0 Å². The molecule has 4 heterocycles. The van der Waals surface area contributed by atoms with E-state index in [1.165, 1.54) is 11.0 Å². The standard InChI is InChI=1S/C17H19N7O3S/c1-12-13(19-17(27-12)14-3-2-8-28-14)9-15(25)22-4-6-23(7-5-22)16(26)10-24-11-18-20-21-24/h2-3,8,11H,4-7,9-10H2,1H3. The normalized spacial score (nSPS) is 14.5. The minimum atomic E-state index is -0.0627. The third-order valence-corrected chi connectivity index (χ3v) is 5.47. The molecule has 1 fully saturated rings. The van der Waals surface area contributed by atoms with Crippen LogP contribution >= 0.6 is 11.3 Å². The monoisotopic (exact) mass is 401 g/mol. The van der Waals surface area contributed by atoms with Gasteiger partial charge in [-0.1, -0.05) is 6.07 Å².